The summed E-state index contributed by atoms with van der Waals surface area (Å²) in [4.78, 5) is 0. The van der Waals surface area contributed by atoms with Crippen molar-refractivity contribution in [2.75, 3.05) is 0 Å². The Bertz CT molecular complexity index is 55.2. The third-order valence-electron chi connectivity index (χ3n) is 0.698. The van der Waals surface area contributed by atoms with Crippen LogP contribution in [0.3, 0.4) is 0 Å². The molecule has 0 nitrogen and oxygen atoms in total. The van der Waals surface area contributed by atoms with E-state index in [1.807, 2.05) is 13.8 Å². The molecule has 0 radical (unpaired) electrons. The fourth-order valence-corrected chi connectivity index (χ4v) is 0. The molecule has 0 aromatic rings. The van der Waals surface area contributed by atoms with Gasteiger partial charge in [-0.1, -0.05) is 31.9 Å². The molecule has 0 aromatic heterocycles. The van der Waals surface area contributed by atoms with Gasteiger partial charge in [0.15, 0.2) is 0 Å². The number of hydrogen-bond donors (Lipinski definition) is 0. The van der Waals surface area contributed by atoms with Gasteiger partial charge < -0.3 is 0 Å². The summed E-state index contributed by atoms with van der Waals surface area (Å²) in [6, 6.07) is 0. The Morgan fingerprint density at radius 1 is 1.57 bits per heavy atom. The molecule has 0 saturated heterocycles. The van der Waals surface area contributed by atoms with E-state index >= 15 is 0 Å². The molecule has 1 atom stereocenters. The number of halogens is 3. The van der Waals surface area contributed by atoms with Gasteiger partial charge in [-0.15, -0.1) is 11.6 Å². The van der Waals surface area contributed by atoms with Crippen LogP contribution in [0.4, 0.5) is 0 Å². The van der Waals surface area contributed by atoms with Crippen LogP contribution in [0.2, 0.25) is 0 Å². The lowest BCUT2D eigenvalue weighted by molar-refractivity contribution is 0.888. The summed E-state index contributed by atoms with van der Waals surface area (Å²) in [5.41, 5.74) is 0. The van der Waals surface area contributed by atoms with Crippen LogP contribution in [0, 0.1) is 0 Å². The van der Waals surface area contributed by atoms with E-state index < -0.39 is 0 Å². The Kier molecular flexibility index (Phi) is 3.18. The Hall–Kier alpha value is 1.25. The molecule has 0 aromatic carbocycles. The summed E-state index contributed by atoms with van der Waals surface area (Å²) < 4.78 is -0.110. The first-order valence-electron chi connectivity index (χ1n) is 1.96. The molecule has 0 fully saturated rings. The fourth-order valence-electron chi connectivity index (χ4n) is 0. The van der Waals surface area contributed by atoms with E-state index in [2.05, 4.69) is 31.9 Å². The summed E-state index contributed by atoms with van der Waals surface area (Å²) in [5.74, 6) is 0. The standard InChI is InChI=1S/C4H7Br2Cl/c1-3(7)4(2,5)6/h3H,1-2H3. The molecule has 0 heterocycles. The van der Waals surface area contributed by atoms with Gasteiger partial charge in [-0.2, -0.15) is 0 Å². The van der Waals surface area contributed by atoms with E-state index in [0.717, 1.165) is 0 Å². The van der Waals surface area contributed by atoms with Crippen LogP contribution in [-0.2, 0) is 0 Å². The summed E-state index contributed by atoms with van der Waals surface area (Å²) in [6.45, 7) is 3.88. The first kappa shape index (κ1) is 8.25. The normalized spacial score (nSPS) is 16.7. The van der Waals surface area contributed by atoms with Crippen LogP contribution >= 0.6 is 43.5 Å². The minimum atomic E-state index is -0.110. The lowest BCUT2D eigenvalue weighted by atomic mass is 10.4. The Morgan fingerprint density at radius 2 is 1.71 bits per heavy atom. The topological polar surface area (TPSA) is 0 Å². The van der Waals surface area contributed by atoms with Crippen molar-refractivity contribution in [2.45, 2.75) is 22.5 Å². The molecule has 0 N–H and O–H groups in total. The highest BCUT2D eigenvalue weighted by molar-refractivity contribution is 9.25. The van der Waals surface area contributed by atoms with Crippen LogP contribution in [-0.4, -0.2) is 8.61 Å². The van der Waals surface area contributed by atoms with Crippen molar-refractivity contribution >= 4 is 43.5 Å². The van der Waals surface area contributed by atoms with Crippen LogP contribution in [0.15, 0.2) is 0 Å². The Labute approximate surface area is 65.9 Å². The number of alkyl halides is 3. The minimum Gasteiger partial charge on any atom is -0.121 e. The highest BCUT2D eigenvalue weighted by Crippen LogP contribution is 2.32. The van der Waals surface area contributed by atoms with Crippen LogP contribution in [0.1, 0.15) is 13.8 Å². The third kappa shape index (κ3) is 3.80. The summed E-state index contributed by atoms with van der Waals surface area (Å²) in [5, 5.41) is 0.104. The van der Waals surface area contributed by atoms with E-state index in [0.29, 0.717) is 0 Å². The summed E-state index contributed by atoms with van der Waals surface area (Å²) in [6.07, 6.45) is 0. The van der Waals surface area contributed by atoms with Crippen LogP contribution < -0.4 is 0 Å². The summed E-state index contributed by atoms with van der Waals surface area (Å²) >= 11 is 12.3. The van der Waals surface area contributed by atoms with Crippen molar-refractivity contribution in [1.82, 2.24) is 0 Å². The lowest BCUT2D eigenvalue weighted by Crippen LogP contribution is -2.16. The number of rotatable bonds is 1. The summed E-state index contributed by atoms with van der Waals surface area (Å²) in [7, 11) is 0. The van der Waals surface area contributed by atoms with Gasteiger partial charge in [-0.25, -0.2) is 0 Å². The first-order valence-corrected chi connectivity index (χ1v) is 3.98. The maximum absolute atomic E-state index is 5.66. The van der Waals surface area contributed by atoms with E-state index in [4.69, 9.17) is 11.6 Å². The van der Waals surface area contributed by atoms with Crippen molar-refractivity contribution in [1.29, 1.82) is 0 Å². The van der Waals surface area contributed by atoms with E-state index in [1.165, 1.54) is 0 Å². The molecule has 0 aliphatic carbocycles. The largest absolute Gasteiger partial charge is 0.121 e. The fraction of sp³-hybridized carbons (Fsp3) is 1.00. The van der Waals surface area contributed by atoms with E-state index in [9.17, 15) is 0 Å². The smallest absolute Gasteiger partial charge is 0.0937 e. The van der Waals surface area contributed by atoms with Crippen LogP contribution in [0.25, 0.3) is 0 Å². The SMILES string of the molecule is CC(Cl)C(C)(Br)Br. The van der Waals surface area contributed by atoms with Crippen molar-refractivity contribution in [3.8, 4) is 0 Å². The van der Waals surface area contributed by atoms with E-state index in [-0.39, 0.29) is 8.61 Å². The van der Waals surface area contributed by atoms with Gasteiger partial charge in [-0.05, 0) is 13.8 Å². The lowest BCUT2D eigenvalue weighted by Gasteiger charge is -2.15. The van der Waals surface area contributed by atoms with E-state index in [1.54, 1.807) is 0 Å². The van der Waals surface area contributed by atoms with Gasteiger partial charge in [0.1, 0.15) is 0 Å². The molecule has 0 aliphatic rings. The Balaban J connectivity index is 3.54. The van der Waals surface area contributed by atoms with Gasteiger partial charge in [0.2, 0.25) is 0 Å². The zero-order valence-corrected chi connectivity index (χ0v) is 8.14. The second-order valence-electron chi connectivity index (χ2n) is 1.57. The van der Waals surface area contributed by atoms with Gasteiger partial charge in [0.25, 0.3) is 0 Å². The zero-order valence-electron chi connectivity index (χ0n) is 4.21. The van der Waals surface area contributed by atoms with Crippen molar-refractivity contribution in [3.05, 3.63) is 0 Å². The molecule has 1 unspecified atom stereocenters. The molecule has 0 spiro atoms. The Morgan fingerprint density at radius 3 is 1.71 bits per heavy atom. The molecule has 44 valence electrons. The quantitative estimate of drug-likeness (QED) is 0.627. The zero-order chi connectivity index (χ0) is 6.08. The molecule has 0 bridgehead atoms. The molecule has 0 amide bonds. The second-order valence-corrected chi connectivity index (χ2v) is 6.59. The maximum atomic E-state index is 5.66. The molecule has 7 heavy (non-hydrogen) atoms. The second kappa shape index (κ2) is 2.70. The average Bonchev–Trinajstić information content (AvgIpc) is 1.31. The van der Waals surface area contributed by atoms with Gasteiger partial charge in [0.05, 0.1) is 8.61 Å². The third-order valence-corrected chi connectivity index (χ3v) is 3.04. The van der Waals surface area contributed by atoms with Gasteiger partial charge in [0, 0.05) is 0 Å². The van der Waals surface area contributed by atoms with Crippen LogP contribution in [0.5, 0.6) is 0 Å². The molecular weight excluding hydrogens is 243 g/mol. The number of hydrogen-bond acceptors (Lipinski definition) is 0. The van der Waals surface area contributed by atoms with Crippen molar-refractivity contribution in [3.63, 3.8) is 0 Å². The molecule has 0 saturated carbocycles. The van der Waals surface area contributed by atoms with Crippen molar-refractivity contribution < 1.29 is 0 Å². The predicted octanol–water partition coefficient (Wildman–Crippen LogP) is 3.12. The maximum Gasteiger partial charge on any atom is 0.0937 e. The molecule has 0 aliphatic heterocycles. The minimum absolute atomic E-state index is 0.104. The van der Waals surface area contributed by atoms with Crippen molar-refractivity contribution in [2.24, 2.45) is 0 Å². The van der Waals surface area contributed by atoms with Gasteiger partial charge >= 0.3 is 0 Å². The average molecular weight is 250 g/mol. The highest BCUT2D eigenvalue weighted by atomic mass is 79.9. The van der Waals surface area contributed by atoms with Gasteiger partial charge in [-0.3, -0.25) is 0 Å². The molecule has 0 rings (SSSR count). The molecular formula is C4H7Br2Cl. The first-order chi connectivity index (χ1) is 2.94. The monoisotopic (exact) mass is 248 g/mol. The predicted molar refractivity (Wildman–Crippen MR) is 41.6 cm³/mol. The molecule has 3 heteroatoms. The highest BCUT2D eigenvalue weighted by Gasteiger charge is 2.21.